The number of fused-ring (bicyclic) bond motifs is 5. The Kier molecular flexibility index (Phi) is 22.9. The van der Waals surface area contributed by atoms with Crippen LogP contribution >= 0.6 is 22.7 Å². The highest BCUT2D eigenvalue weighted by Gasteiger charge is 2.25. The van der Waals surface area contributed by atoms with Gasteiger partial charge in [-0.15, -0.1) is 22.7 Å². The number of hydrogen-bond acceptors (Lipinski definition) is 10. The molecule has 0 bridgehead atoms. The lowest BCUT2D eigenvalue weighted by Gasteiger charge is -2.26. The number of thiophene rings is 2. The molecule has 0 radical (unpaired) electrons. The molecule has 1 fully saturated rings. The Hall–Kier alpha value is -10.3. The summed E-state index contributed by atoms with van der Waals surface area (Å²) in [5, 5.41) is 14.8. The van der Waals surface area contributed by atoms with Crippen molar-refractivity contribution in [3.63, 3.8) is 0 Å². The number of benzene rings is 8. The maximum Gasteiger partial charge on any atom is 0.270 e. The van der Waals surface area contributed by atoms with E-state index in [0.29, 0.717) is 24.5 Å². The van der Waals surface area contributed by atoms with E-state index in [2.05, 4.69) is 141 Å². The van der Waals surface area contributed by atoms with E-state index in [9.17, 15) is 18.8 Å². The maximum absolute atomic E-state index is 14.1. The fraction of sp³-hybridized carbons (Fsp3) is 0.244. The molecular formula is C82H86FN9O5S2. The van der Waals surface area contributed by atoms with E-state index in [1.807, 2.05) is 140 Å². The Bertz CT molecular complexity index is 4810. The molecule has 508 valence electrons. The molecule has 6 heterocycles. The average Bonchev–Trinajstić information content (AvgIpc) is 1.82. The van der Waals surface area contributed by atoms with Crippen LogP contribution in [-0.4, -0.2) is 101 Å². The number of hydrogen-bond donors (Lipinski definition) is 4. The normalized spacial score (nSPS) is 13.5. The topological polar surface area (TPSA) is 155 Å². The molecule has 5 aromatic heterocycles. The fourth-order valence-electron chi connectivity index (χ4n) is 13.1. The minimum Gasteiger partial charge on any atom is -0.497 e. The number of nitrogens with one attached hydrogen (secondary N) is 4. The van der Waals surface area contributed by atoms with Crippen LogP contribution in [0.25, 0.3) is 53.2 Å². The summed E-state index contributed by atoms with van der Waals surface area (Å²) in [5.74, 6) is 0.670. The van der Waals surface area contributed by atoms with Crippen molar-refractivity contribution in [1.82, 2.24) is 40.2 Å². The summed E-state index contributed by atoms with van der Waals surface area (Å²) in [7, 11) is 8.92. The van der Waals surface area contributed by atoms with Crippen LogP contribution in [-0.2, 0) is 26.1 Å². The number of methoxy groups -OCH3 is 2. The summed E-state index contributed by atoms with van der Waals surface area (Å²) in [6, 6.07) is 68.5. The number of H-pyrrole nitrogens is 3. The molecular weight excluding hydrogens is 1270 g/mol. The number of carbonyl (C=O) groups is 3. The predicted octanol–water partition coefficient (Wildman–Crippen LogP) is 18.8. The van der Waals surface area contributed by atoms with Crippen molar-refractivity contribution in [2.24, 2.45) is 0 Å². The van der Waals surface area contributed by atoms with Crippen LogP contribution in [0.15, 0.2) is 212 Å². The Morgan fingerprint density at radius 2 is 1.31 bits per heavy atom. The second-order valence-corrected chi connectivity index (χ2v) is 27.4. The summed E-state index contributed by atoms with van der Waals surface area (Å²) in [4.78, 5) is 55.1. The average molecular weight is 1360 g/mol. The standard InChI is InChI=1S/C22H25N3O2.C21H20FN3OS.C19H18N2O.C19H19NOS.CH4/c1-24(15-17-7-3-4-8-21(17)25-11-5-6-12-25)22(26)20-13-16-9-10-18(27-2)14-19(16)23-20;1-25(13-17-9-14-5-3-4-6-20(14)27-17)12-16-11-23-24-21(16)15-7-8-19(26-2)18(22)10-15;22-19(18-12-14-7-2-4-10-16(14)20-18)21-17-11-5-8-13-6-1-3-9-15(13)17;1-13-8-4-6-10-16(13)14(2)20(3)19(21)18-12-15-9-5-7-11-17(15)22-18;/h3-4,7-10,13-14,23H,5-6,11-12,15H2,1-2H3;3-11H,12-13H2,1-2H3,(H,23,24);1-4,6-7,9-10,12,17,20H,5,8,11H2,(H,21,22);4-12,14H,1-3H3;1H4. The van der Waals surface area contributed by atoms with Crippen molar-refractivity contribution in [3.05, 3.63) is 273 Å². The van der Waals surface area contributed by atoms with E-state index in [1.54, 1.807) is 35.6 Å². The fourth-order valence-corrected chi connectivity index (χ4v) is 15.2. The van der Waals surface area contributed by atoms with E-state index in [1.165, 1.54) is 74.5 Å². The quantitative estimate of drug-likeness (QED) is 0.0745. The van der Waals surface area contributed by atoms with Gasteiger partial charge in [0.25, 0.3) is 17.7 Å². The van der Waals surface area contributed by atoms with Gasteiger partial charge in [0.15, 0.2) is 11.6 Å². The van der Waals surface area contributed by atoms with Crippen LogP contribution in [0.3, 0.4) is 0 Å². The van der Waals surface area contributed by atoms with Gasteiger partial charge < -0.3 is 39.5 Å². The van der Waals surface area contributed by atoms with Gasteiger partial charge in [-0.2, -0.15) is 5.10 Å². The van der Waals surface area contributed by atoms with Gasteiger partial charge in [0.1, 0.15) is 17.1 Å². The molecule has 17 heteroatoms. The minimum atomic E-state index is -0.380. The first-order valence-corrected chi connectivity index (χ1v) is 34.9. The number of aromatic amines is 3. The summed E-state index contributed by atoms with van der Waals surface area (Å²) in [6.07, 6.45) is 7.51. The van der Waals surface area contributed by atoms with Gasteiger partial charge in [0.2, 0.25) is 0 Å². The van der Waals surface area contributed by atoms with Gasteiger partial charge >= 0.3 is 0 Å². The number of aryl methyl sites for hydroxylation is 2. The van der Waals surface area contributed by atoms with Gasteiger partial charge in [-0.3, -0.25) is 24.4 Å². The third-order valence-electron chi connectivity index (χ3n) is 18.4. The van der Waals surface area contributed by atoms with Crippen LogP contribution < -0.4 is 19.7 Å². The van der Waals surface area contributed by atoms with Crippen molar-refractivity contribution in [2.75, 3.05) is 53.4 Å². The number of para-hydroxylation sites is 2. The van der Waals surface area contributed by atoms with E-state index < -0.39 is 0 Å². The van der Waals surface area contributed by atoms with Crippen molar-refractivity contribution < 1.29 is 28.2 Å². The van der Waals surface area contributed by atoms with Crippen LogP contribution in [0.5, 0.6) is 11.5 Å². The Balaban J connectivity index is 0.000000133. The zero-order valence-corrected chi connectivity index (χ0v) is 58.0. The molecule has 4 N–H and O–H groups in total. The number of rotatable bonds is 16. The number of nitrogens with zero attached hydrogens (tertiary/aromatic N) is 5. The van der Waals surface area contributed by atoms with Crippen molar-refractivity contribution in [1.29, 1.82) is 0 Å². The molecule has 1 aliphatic heterocycles. The van der Waals surface area contributed by atoms with Gasteiger partial charge in [-0.05, 0) is 170 Å². The minimum absolute atomic E-state index is 0. The number of ether oxygens (including phenoxy) is 2. The Labute approximate surface area is 587 Å². The second-order valence-electron chi connectivity index (χ2n) is 25.1. The van der Waals surface area contributed by atoms with Gasteiger partial charge in [0.05, 0.1) is 43.1 Å². The molecule has 14 nitrogen and oxygen atoms in total. The third-order valence-corrected chi connectivity index (χ3v) is 20.6. The molecule has 1 aliphatic carbocycles. The zero-order valence-electron chi connectivity index (χ0n) is 56.4. The van der Waals surface area contributed by atoms with Crippen LogP contribution in [0.2, 0.25) is 0 Å². The number of anilines is 1. The molecule has 1 saturated heterocycles. The van der Waals surface area contributed by atoms with E-state index in [4.69, 9.17) is 9.47 Å². The third kappa shape index (κ3) is 16.6. The monoisotopic (exact) mass is 1360 g/mol. The highest BCUT2D eigenvalue weighted by atomic mass is 32.1. The molecule has 2 unspecified atom stereocenters. The highest BCUT2D eigenvalue weighted by Crippen LogP contribution is 2.34. The largest absolute Gasteiger partial charge is 0.497 e. The summed E-state index contributed by atoms with van der Waals surface area (Å²) >= 11 is 3.38. The molecule has 0 saturated carbocycles. The van der Waals surface area contributed by atoms with Gasteiger partial charge in [0, 0.05) is 106 Å². The summed E-state index contributed by atoms with van der Waals surface area (Å²) < 4.78 is 26.8. The lowest BCUT2D eigenvalue weighted by atomic mass is 9.88. The van der Waals surface area contributed by atoms with Gasteiger partial charge in [-0.25, -0.2) is 4.39 Å². The van der Waals surface area contributed by atoms with Crippen molar-refractivity contribution in [2.45, 2.75) is 85.1 Å². The lowest BCUT2D eigenvalue weighted by Crippen LogP contribution is -2.31. The summed E-state index contributed by atoms with van der Waals surface area (Å²) in [5.41, 5.74) is 13.2. The lowest BCUT2D eigenvalue weighted by molar-refractivity contribution is 0.0745. The second kappa shape index (κ2) is 32.4. The molecule has 13 aromatic rings. The van der Waals surface area contributed by atoms with Crippen molar-refractivity contribution >= 4 is 88.1 Å². The van der Waals surface area contributed by atoms with Crippen LogP contribution in [0, 0.1) is 12.7 Å². The SMILES string of the molecule is C.COc1ccc(-c2[nH]ncc2CN(C)Cc2cc3ccccc3s2)cc1F.COc1ccc2cc(C(=O)N(C)Cc3ccccc3N3CCCC3)[nH]c2c1.Cc1ccccc1C(C)N(C)C(=O)c1cc2ccccc2s1.O=C(NC1CCCc2ccccc21)c1cc2ccccc2[nH]1. The van der Waals surface area contributed by atoms with E-state index in [-0.39, 0.29) is 48.8 Å². The van der Waals surface area contributed by atoms with E-state index >= 15 is 0 Å². The molecule has 2 atom stereocenters. The Morgan fingerprint density at radius 1 is 0.646 bits per heavy atom. The number of halogens is 1. The number of aromatic nitrogens is 4. The molecule has 15 rings (SSSR count). The maximum atomic E-state index is 14.1. The van der Waals surface area contributed by atoms with Gasteiger partial charge in [-0.1, -0.05) is 129 Å². The number of carbonyl (C=O) groups excluding carboxylic acids is 3. The molecule has 99 heavy (non-hydrogen) atoms. The first-order valence-electron chi connectivity index (χ1n) is 33.2. The number of amides is 3. The van der Waals surface area contributed by atoms with Crippen molar-refractivity contribution in [3.8, 4) is 22.8 Å². The first-order chi connectivity index (χ1) is 47.7. The zero-order chi connectivity index (χ0) is 68.2. The Morgan fingerprint density at radius 3 is 2.05 bits per heavy atom. The highest BCUT2D eigenvalue weighted by molar-refractivity contribution is 7.20. The molecule has 3 amide bonds. The van der Waals surface area contributed by atoms with Crippen LogP contribution in [0.1, 0.15) is 121 Å². The van der Waals surface area contributed by atoms with Crippen LogP contribution in [0.4, 0.5) is 10.1 Å². The predicted molar refractivity (Wildman–Crippen MR) is 404 cm³/mol. The first kappa shape index (κ1) is 70.0. The van der Waals surface area contributed by atoms with E-state index in [0.717, 1.165) is 98.2 Å². The molecule has 8 aromatic carbocycles. The summed E-state index contributed by atoms with van der Waals surface area (Å²) in [6.45, 7) is 8.51. The smallest absolute Gasteiger partial charge is 0.270 e. The molecule has 2 aliphatic rings. The molecule has 0 spiro atoms.